The van der Waals surface area contributed by atoms with Crippen LogP contribution in [0.1, 0.15) is 83.8 Å². The molecule has 2 aliphatic rings. The number of carbonyl (C=O) groups is 2. The Bertz CT molecular complexity index is 1300. The number of aromatic nitrogens is 2. The summed E-state index contributed by atoms with van der Waals surface area (Å²) in [6.45, 7) is 8.49. The van der Waals surface area contributed by atoms with Crippen LogP contribution in [0.2, 0.25) is 0 Å². The highest BCUT2D eigenvalue weighted by atomic mass is 32.2. The Morgan fingerprint density at radius 1 is 0.769 bits per heavy atom. The third-order valence-electron chi connectivity index (χ3n) is 7.88. The molecule has 0 amide bonds. The average molecular weight is 639 g/mol. The minimum atomic E-state index is -0.309. The molecule has 39 heavy (non-hydrogen) atoms. The highest BCUT2D eigenvalue weighted by molar-refractivity contribution is 8.00. The van der Waals surface area contributed by atoms with Gasteiger partial charge in [-0.2, -0.15) is 0 Å². The van der Waals surface area contributed by atoms with Gasteiger partial charge in [0.2, 0.25) is 0 Å². The molecular formula is C29H38N2O2S6. The van der Waals surface area contributed by atoms with E-state index in [9.17, 15) is 9.59 Å². The fourth-order valence-corrected chi connectivity index (χ4v) is 10.3. The van der Waals surface area contributed by atoms with Crippen molar-refractivity contribution >= 4 is 84.8 Å². The number of Topliss-reactive ketones (excluding diaryl/α,β-unsaturated/α-hetero) is 2. The number of hydrogen-bond donors (Lipinski definition) is 2. The average Bonchev–Trinajstić information content (AvgIpc) is 3.51. The number of thiol groups is 2. The first-order valence-electron chi connectivity index (χ1n) is 13.6. The third-order valence-corrected chi connectivity index (χ3v) is 11.6. The second-order valence-corrected chi connectivity index (χ2v) is 15.7. The van der Waals surface area contributed by atoms with Gasteiger partial charge in [-0.3, -0.25) is 9.59 Å². The van der Waals surface area contributed by atoms with Crippen molar-refractivity contribution < 1.29 is 9.59 Å². The smallest absolute Gasteiger partial charge is 0.133 e. The highest BCUT2D eigenvalue weighted by Gasteiger charge is 2.29. The van der Waals surface area contributed by atoms with Gasteiger partial charge in [-0.05, 0) is 83.1 Å². The van der Waals surface area contributed by atoms with Crippen LogP contribution >= 0.6 is 73.2 Å². The topological polar surface area (TPSA) is 44.0 Å². The van der Waals surface area contributed by atoms with Crippen LogP contribution < -0.4 is 0 Å². The summed E-state index contributed by atoms with van der Waals surface area (Å²) in [6.07, 6.45) is 5.77. The SMILES string of the molecule is CC(C)(CCC(=O)CCCC(=O)CCC(C)(C)n1c(S)c2c(cc1=S)SCC2)n1c(S)c2c(cc1=S)SCC2. The second kappa shape index (κ2) is 12.8. The first kappa shape index (κ1) is 31.4. The number of fused-ring (bicyclic) bond motifs is 2. The van der Waals surface area contributed by atoms with E-state index in [1.807, 2.05) is 23.5 Å². The molecule has 0 fully saturated rings. The summed E-state index contributed by atoms with van der Waals surface area (Å²) in [5.74, 6) is 2.52. The zero-order valence-electron chi connectivity index (χ0n) is 23.2. The van der Waals surface area contributed by atoms with Crippen molar-refractivity contribution in [2.45, 2.75) is 116 Å². The molecule has 0 N–H and O–H groups in total. The normalized spacial score (nSPS) is 14.9. The van der Waals surface area contributed by atoms with E-state index in [1.165, 1.54) is 20.9 Å². The van der Waals surface area contributed by atoms with Crippen molar-refractivity contribution in [1.82, 2.24) is 9.13 Å². The lowest BCUT2D eigenvalue weighted by molar-refractivity contribution is -0.120. The van der Waals surface area contributed by atoms with Crippen molar-refractivity contribution in [1.29, 1.82) is 0 Å². The fourth-order valence-electron chi connectivity index (χ4n) is 5.50. The molecule has 0 saturated heterocycles. The Morgan fingerprint density at radius 3 is 1.54 bits per heavy atom. The number of hydrogen-bond acceptors (Lipinski definition) is 8. The number of pyridine rings is 2. The van der Waals surface area contributed by atoms with Gasteiger partial charge >= 0.3 is 0 Å². The first-order valence-corrected chi connectivity index (χ1v) is 17.3. The largest absolute Gasteiger partial charge is 0.322 e. The van der Waals surface area contributed by atoms with Crippen LogP contribution in [0.15, 0.2) is 32.0 Å². The predicted octanol–water partition coefficient (Wildman–Crippen LogP) is 8.66. The number of rotatable bonds is 12. The molecule has 0 atom stereocenters. The monoisotopic (exact) mass is 638 g/mol. The van der Waals surface area contributed by atoms with Crippen LogP contribution in [-0.4, -0.2) is 32.2 Å². The summed E-state index contributed by atoms with van der Waals surface area (Å²) in [5, 5.41) is 1.86. The molecule has 0 aromatic carbocycles. The standard InChI is InChI=1S/C29H38N2O2S6/c1-28(2,30-24(34)16-22-20(26(30)36)10-14-38-22)12-8-18(32)6-5-7-19(33)9-13-29(3,4)31-25(35)17-23-21(27(31)37)11-15-39-23/h16-17,36-37H,5-15H2,1-4H3. The van der Waals surface area contributed by atoms with E-state index in [0.29, 0.717) is 44.9 Å². The van der Waals surface area contributed by atoms with E-state index in [0.717, 1.165) is 43.7 Å². The maximum atomic E-state index is 12.7. The summed E-state index contributed by atoms with van der Waals surface area (Å²) in [7, 11) is 0. The van der Waals surface area contributed by atoms with Crippen LogP contribution in [0.5, 0.6) is 0 Å². The Hall–Kier alpha value is -0.520. The van der Waals surface area contributed by atoms with Crippen LogP contribution in [0.4, 0.5) is 0 Å². The van der Waals surface area contributed by atoms with Crippen LogP contribution in [-0.2, 0) is 33.5 Å². The molecule has 2 aromatic rings. The Kier molecular flexibility index (Phi) is 10.3. The summed E-state index contributed by atoms with van der Waals surface area (Å²) in [5.41, 5.74) is 1.91. The van der Waals surface area contributed by atoms with Crippen molar-refractivity contribution in [3.63, 3.8) is 0 Å². The zero-order chi connectivity index (χ0) is 28.5. The minimum absolute atomic E-state index is 0.196. The lowest BCUT2D eigenvalue weighted by atomic mass is 9.93. The molecule has 4 heterocycles. The molecule has 0 unspecified atom stereocenters. The number of thioether (sulfide) groups is 2. The number of nitrogens with zero attached hydrogens (tertiary/aromatic N) is 2. The van der Waals surface area contributed by atoms with Gasteiger partial charge in [0.15, 0.2) is 0 Å². The molecule has 2 aromatic heterocycles. The van der Waals surface area contributed by atoms with E-state index in [4.69, 9.17) is 49.7 Å². The quantitative estimate of drug-likeness (QED) is 0.179. The van der Waals surface area contributed by atoms with Crippen LogP contribution in [0.25, 0.3) is 0 Å². The minimum Gasteiger partial charge on any atom is -0.322 e. The van der Waals surface area contributed by atoms with Crippen molar-refractivity contribution in [3.8, 4) is 0 Å². The molecule has 4 nitrogen and oxygen atoms in total. The van der Waals surface area contributed by atoms with Crippen molar-refractivity contribution in [2.75, 3.05) is 11.5 Å². The zero-order valence-corrected chi connectivity index (χ0v) is 28.2. The van der Waals surface area contributed by atoms with E-state index in [2.05, 4.69) is 49.0 Å². The summed E-state index contributed by atoms with van der Waals surface area (Å²) in [4.78, 5) is 27.9. The van der Waals surface area contributed by atoms with Gasteiger partial charge in [0.25, 0.3) is 0 Å². The Labute approximate surface area is 262 Å². The predicted molar refractivity (Wildman–Crippen MR) is 175 cm³/mol. The van der Waals surface area contributed by atoms with Crippen LogP contribution in [0.3, 0.4) is 0 Å². The second-order valence-electron chi connectivity index (χ2n) is 11.7. The molecule has 10 heteroatoms. The molecule has 4 rings (SSSR count). The van der Waals surface area contributed by atoms with Gasteiger partial charge < -0.3 is 9.13 Å². The Morgan fingerprint density at radius 2 is 1.15 bits per heavy atom. The van der Waals surface area contributed by atoms with E-state index >= 15 is 0 Å². The van der Waals surface area contributed by atoms with Crippen molar-refractivity contribution in [2.24, 2.45) is 0 Å². The summed E-state index contributed by atoms with van der Waals surface area (Å²) >= 11 is 24.7. The van der Waals surface area contributed by atoms with Crippen LogP contribution in [0, 0.1) is 9.28 Å². The maximum Gasteiger partial charge on any atom is 0.133 e. The summed E-state index contributed by atoms with van der Waals surface area (Å²) < 4.78 is 5.75. The van der Waals surface area contributed by atoms with Gasteiger partial charge in [0.05, 0.1) is 10.1 Å². The maximum absolute atomic E-state index is 12.7. The van der Waals surface area contributed by atoms with E-state index in [-0.39, 0.29) is 22.6 Å². The first-order chi connectivity index (χ1) is 18.3. The Balaban J connectivity index is 1.25. The molecule has 2 aliphatic heterocycles. The number of ketones is 2. The molecular weight excluding hydrogens is 601 g/mol. The molecule has 0 spiro atoms. The fraction of sp³-hybridized carbons (Fsp3) is 0.586. The van der Waals surface area contributed by atoms with Gasteiger partial charge in [-0.15, -0.1) is 48.8 Å². The lowest BCUT2D eigenvalue weighted by Gasteiger charge is -2.31. The van der Waals surface area contributed by atoms with Gasteiger partial charge in [0.1, 0.15) is 20.8 Å². The van der Waals surface area contributed by atoms with E-state index in [1.54, 1.807) is 0 Å². The van der Waals surface area contributed by atoms with Crippen molar-refractivity contribution in [3.05, 3.63) is 32.5 Å². The summed E-state index contributed by atoms with van der Waals surface area (Å²) in [6, 6.07) is 4.15. The number of carbonyl (C=O) groups excluding carboxylic acids is 2. The molecule has 212 valence electrons. The van der Waals surface area contributed by atoms with Gasteiger partial charge in [0, 0.05) is 58.1 Å². The molecule has 0 radical (unpaired) electrons. The van der Waals surface area contributed by atoms with E-state index < -0.39 is 0 Å². The molecule has 0 saturated carbocycles. The third kappa shape index (κ3) is 7.11. The lowest BCUT2D eigenvalue weighted by Crippen LogP contribution is -2.29. The highest BCUT2D eigenvalue weighted by Crippen LogP contribution is 2.40. The van der Waals surface area contributed by atoms with Gasteiger partial charge in [-0.25, -0.2) is 0 Å². The van der Waals surface area contributed by atoms with Gasteiger partial charge in [-0.1, -0.05) is 24.4 Å². The molecule has 0 bridgehead atoms. The molecule has 0 aliphatic carbocycles.